The molecule has 0 aliphatic carbocycles. The quantitative estimate of drug-likeness (QED) is 0.489. The van der Waals surface area contributed by atoms with E-state index in [0.717, 1.165) is 11.4 Å². The molecule has 1 aromatic carbocycles. The molecule has 3 aromatic rings. The molecule has 0 fully saturated rings. The van der Waals surface area contributed by atoms with Gasteiger partial charge in [-0.1, -0.05) is 39.0 Å². The molecule has 0 bridgehead atoms. The van der Waals surface area contributed by atoms with Gasteiger partial charge in [-0.05, 0) is 34.2 Å². The standard InChI is InChI=1S/C21H23N5O4/c1-14-10-11-16(20(22-14)26(28)29)30-13-19(27)23-18-12-17(21(2,3)4)24-25(18)15-8-6-5-7-9-15/h5-12H,13H2,1-4H3,(H,23,27). The van der Waals surface area contributed by atoms with E-state index in [4.69, 9.17) is 4.74 Å². The molecule has 9 heteroatoms. The first kappa shape index (κ1) is 21.0. The van der Waals surface area contributed by atoms with E-state index in [-0.39, 0.29) is 11.2 Å². The summed E-state index contributed by atoms with van der Waals surface area (Å²) in [5.41, 5.74) is 1.87. The second kappa shape index (κ2) is 8.32. The molecule has 3 rings (SSSR count). The Morgan fingerprint density at radius 3 is 2.53 bits per heavy atom. The molecule has 0 saturated heterocycles. The summed E-state index contributed by atoms with van der Waals surface area (Å²) >= 11 is 0. The number of rotatable bonds is 6. The lowest BCUT2D eigenvalue weighted by atomic mass is 9.92. The molecule has 0 spiro atoms. The Balaban J connectivity index is 1.80. The van der Waals surface area contributed by atoms with Crippen molar-refractivity contribution in [2.75, 3.05) is 11.9 Å². The number of carbonyl (C=O) groups excluding carboxylic acids is 1. The molecule has 0 unspecified atom stereocenters. The predicted molar refractivity (Wildman–Crippen MR) is 112 cm³/mol. The van der Waals surface area contributed by atoms with Crippen LogP contribution in [0.3, 0.4) is 0 Å². The van der Waals surface area contributed by atoms with E-state index >= 15 is 0 Å². The number of aromatic nitrogens is 3. The number of anilines is 1. The van der Waals surface area contributed by atoms with Gasteiger partial charge in [0, 0.05) is 18.4 Å². The topological polar surface area (TPSA) is 112 Å². The zero-order chi connectivity index (χ0) is 21.9. The van der Waals surface area contributed by atoms with Gasteiger partial charge >= 0.3 is 5.82 Å². The summed E-state index contributed by atoms with van der Waals surface area (Å²) in [6, 6.07) is 14.2. The predicted octanol–water partition coefficient (Wildman–Crippen LogP) is 3.80. The van der Waals surface area contributed by atoms with E-state index in [9.17, 15) is 14.9 Å². The van der Waals surface area contributed by atoms with Crippen LogP contribution in [0.25, 0.3) is 5.69 Å². The van der Waals surface area contributed by atoms with Crippen molar-refractivity contribution in [2.24, 2.45) is 0 Å². The van der Waals surface area contributed by atoms with Crippen LogP contribution in [0.4, 0.5) is 11.6 Å². The van der Waals surface area contributed by atoms with E-state index < -0.39 is 23.3 Å². The first-order chi connectivity index (χ1) is 14.1. The maximum Gasteiger partial charge on any atom is 0.406 e. The normalized spacial score (nSPS) is 11.2. The average Bonchev–Trinajstić information content (AvgIpc) is 3.11. The number of benzene rings is 1. The average molecular weight is 409 g/mol. The summed E-state index contributed by atoms with van der Waals surface area (Å²) in [7, 11) is 0. The van der Waals surface area contributed by atoms with Crippen molar-refractivity contribution >= 4 is 17.5 Å². The van der Waals surface area contributed by atoms with Crippen LogP contribution in [0.15, 0.2) is 48.5 Å². The Hall–Kier alpha value is -3.75. The number of nitrogens with zero attached hydrogens (tertiary/aromatic N) is 4. The van der Waals surface area contributed by atoms with Gasteiger partial charge in [0.15, 0.2) is 6.61 Å². The van der Waals surface area contributed by atoms with Gasteiger partial charge in [-0.15, -0.1) is 0 Å². The van der Waals surface area contributed by atoms with E-state index in [1.165, 1.54) is 6.07 Å². The molecule has 1 amide bonds. The van der Waals surface area contributed by atoms with Gasteiger partial charge in [-0.25, -0.2) is 4.68 Å². The first-order valence-electron chi connectivity index (χ1n) is 9.36. The molecule has 1 N–H and O–H groups in total. The highest BCUT2D eigenvalue weighted by Crippen LogP contribution is 2.27. The lowest BCUT2D eigenvalue weighted by molar-refractivity contribution is -0.390. The van der Waals surface area contributed by atoms with Crippen LogP contribution in [0.1, 0.15) is 32.2 Å². The van der Waals surface area contributed by atoms with Gasteiger partial charge in [0.1, 0.15) is 11.5 Å². The SMILES string of the molecule is Cc1ccc(OCC(=O)Nc2cc(C(C)(C)C)nn2-c2ccccc2)c([N+](=O)[O-])n1. The summed E-state index contributed by atoms with van der Waals surface area (Å²) in [5.74, 6) is -0.474. The molecule has 9 nitrogen and oxygen atoms in total. The third-order valence-corrected chi connectivity index (χ3v) is 4.26. The van der Waals surface area contributed by atoms with E-state index in [0.29, 0.717) is 11.5 Å². The minimum atomic E-state index is -0.639. The number of aryl methyl sites for hydroxylation is 1. The summed E-state index contributed by atoms with van der Waals surface area (Å²) in [6.45, 7) is 7.33. The number of ether oxygens (including phenoxy) is 1. The van der Waals surface area contributed by atoms with E-state index in [1.807, 2.05) is 51.1 Å². The fourth-order valence-electron chi connectivity index (χ4n) is 2.70. The van der Waals surface area contributed by atoms with Crippen LogP contribution in [0.5, 0.6) is 5.75 Å². The monoisotopic (exact) mass is 409 g/mol. The van der Waals surface area contributed by atoms with Crippen molar-refractivity contribution in [3.8, 4) is 11.4 Å². The van der Waals surface area contributed by atoms with Crippen molar-refractivity contribution in [2.45, 2.75) is 33.1 Å². The largest absolute Gasteiger partial charge is 0.476 e. The van der Waals surface area contributed by atoms with E-state index in [1.54, 1.807) is 23.7 Å². The number of para-hydroxylation sites is 1. The number of amides is 1. The van der Waals surface area contributed by atoms with Gasteiger partial charge in [0.25, 0.3) is 5.91 Å². The number of hydrogen-bond acceptors (Lipinski definition) is 6. The van der Waals surface area contributed by atoms with Crippen LogP contribution in [-0.4, -0.2) is 32.2 Å². The number of nitrogens with one attached hydrogen (secondary N) is 1. The first-order valence-corrected chi connectivity index (χ1v) is 9.36. The highest BCUT2D eigenvalue weighted by atomic mass is 16.6. The smallest absolute Gasteiger partial charge is 0.406 e. The molecule has 0 radical (unpaired) electrons. The number of nitro groups is 1. The molecule has 0 saturated carbocycles. The van der Waals surface area contributed by atoms with Crippen LogP contribution in [0.2, 0.25) is 0 Å². The molecule has 0 aliphatic heterocycles. The summed E-state index contributed by atoms with van der Waals surface area (Å²) in [6.07, 6.45) is 0. The zero-order valence-corrected chi connectivity index (χ0v) is 17.2. The Labute approximate surface area is 173 Å². The lowest BCUT2D eigenvalue weighted by Crippen LogP contribution is -2.22. The Kier molecular flexibility index (Phi) is 5.81. The van der Waals surface area contributed by atoms with Crippen molar-refractivity contribution < 1.29 is 14.5 Å². The summed E-state index contributed by atoms with van der Waals surface area (Å²) in [5, 5.41) is 18.6. The van der Waals surface area contributed by atoms with Crippen molar-refractivity contribution in [3.63, 3.8) is 0 Å². The fraction of sp³-hybridized carbons (Fsp3) is 0.286. The van der Waals surface area contributed by atoms with Crippen LogP contribution in [0, 0.1) is 17.0 Å². The summed E-state index contributed by atoms with van der Waals surface area (Å²) in [4.78, 5) is 26.9. The Morgan fingerprint density at radius 1 is 1.20 bits per heavy atom. The van der Waals surface area contributed by atoms with Crippen LogP contribution < -0.4 is 10.1 Å². The number of hydrogen-bond donors (Lipinski definition) is 1. The highest BCUT2D eigenvalue weighted by molar-refractivity contribution is 5.91. The van der Waals surface area contributed by atoms with Crippen molar-refractivity contribution in [1.82, 2.24) is 14.8 Å². The molecule has 30 heavy (non-hydrogen) atoms. The maximum absolute atomic E-state index is 12.5. The van der Waals surface area contributed by atoms with E-state index in [2.05, 4.69) is 15.4 Å². The molecular formula is C21H23N5O4. The Morgan fingerprint density at radius 2 is 1.90 bits per heavy atom. The minimum absolute atomic E-state index is 0.0623. The maximum atomic E-state index is 12.5. The Bertz CT molecular complexity index is 1070. The van der Waals surface area contributed by atoms with Gasteiger partial charge in [-0.3, -0.25) is 4.79 Å². The minimum Gasteiger partial charge on any atom is -0.476 e. The molecule has 2 aromatic heterocycles. The second-order valence-electron chi connectivity index (χ2n) is 7.78. The molecular weight excluding hydrogens is 386 g/mol. The lowest BCUT2D eigenvalue weighted by Gasteiger charge is -2.14. The molecule has 2 heterocycles. The molecule has 156 valence electrons. The molecule has 0 aliphatic rings. The number of carbonyl (C=O) groups is 1. The summed E-state index contributed by atoms with van der Waals surface area (Å²) < 4.78 is 7.01. The second-order valence-corrected chi connectivity index (χ2v) is 7.78. The zero-order valence-electron chi connectivity index (χ0n) is 17.2. The van der Waals surface area contributed by atoms with Crippen LogP contribution in [-0.2, 0) is 10.2 Å². The number of pyridine rings is 1. The molecule has 0 atom stereocenters. The van der Waals surface area contributed by atoms with Gasteiger partial charge < -0.3 is 20.2 Å². The third kappa shape index (κ3) is 4.80. The van der Waals surface area contributed by atoms with Gasteiger partial charge in [0.2, 0.25) is 5.75 Å². The van der Waals surface area contributed by atoms with Crippen LogP contribution >= 0.6 is 0 Å². The van der Waals surface area contributed by atoms with Gasteiger partial charge in [-0.2, -0.15) is 5.10 Å². The van der Waals surface area contributed by atoms with Crippen molar-refractivity contribution in [3.05, 3.63) is 70.0 Å². The van der Waals surface area contributed by atoms with Crippen molar-refractivity contribution in [1.29, 1.82) is 0 Å². The third-order valence-electron chi connectivity index (χ3n) is 4.26. The fourth-order valence-corrected chi connectivity index (χ4v) is 2.70. The van der Waals surface area contributed by atoms with Gasteiger partial charge in [0.05, 0.1) is 11.4 Å². The highest BCUT2D eigenvalue weighted by Gasteiger charge is 2.22.